The number of furan rings is 1. The Labute approximate surface area is 171 Å². The Morgan fingerprint density at radius 2 is 2.04 bits per heavy atom. The molecule has 4 rings (SSSR count). The molecule has 7 heteroatoms. The van der Waals surface area contributed by atoms with Crippen molar-refractivity contribution >= 4 is 44.2 Å². The number of benzene rings is 2. The minimum absolute atomic E-state index is 0.114. The van der Waals surface area contributed by atoms with E-state index in [0.717, 1.165) is 15.8 Å². The van der Waals surface area contributed by atoms with E-state index in [1.807, 2.05) is 25.1 Å². The van der Waals surface area contributed by atoms with Gasteiger partial charge in [0.15, 0.2) is 11.7 Å². The molecule has 0 aliphatic heterocycles. The molecule has 0 spiro atoms. The number of rotatable bonds is 6. The molecule has 28 heavy (non-hydrogen) atoms. The lowest BCUT2D eigenvalue weighted by molar-refractivity contribution is -0.120. The Kier molecular flexibility index (Phi) is 5.32. The Morgan fingerprint density at radius 3 is 2.79 bits per heavy atom. The largest absolute Gasteiger partial charge is 0.484 e. The molecule has 1 amide bonds. The van der Waals surface area contributed by atoms with Crippen LogP contribution in [0.25, 0.3) is 10.2 Å². The average Bonchev–Trinajstić information content (AvgIpc) is 3.34. The fourth-order valence-corrected chi connectivity index (χ4v) is 3.92. The molecule has 2 aromatic heterocycles. The summed E-state index contributed by atoms with van der Waals surface area (Å²) in [5, 5.41) is 1.23. The lowest BCUT2D eigenvalue weighted by Crippen LogP contribution is -2.34. The molecule has 0 aliphatic carbocycles. The highest BCUT2D eigenvalue weighted by Crippen LogP contribution is 2.30. The van der Waals surface area contributed by atoms with Gasteiger partial charge in [0.1, 0.15) is 11.5 Å². The third kappa shape index (κ3) is 4.18. The monoisotopic (exact) mass is 412 g/mol. The van der Waals surface area contributed by atoms with Gasteiger partial charge in [-0.2, -0.15) is 0 Å². The summed E-state index contributed by atoms with van der Waals surface area (Å²) in [6, 6.07) is 16.6. The number of carbonyl (C=O) groups excluding carboxylic acids is 1. The van der Waals surface area contributed by atoms with Crippen LogP contribution in [-0.4, -0.2) is 17.5 Å². The van der Waals surface area contributed by atoms with Gasteiger partial charge >= 0.3 is 0 Å². The third-order valence-electron chi connectivity index (χ3n) is 4.13. The maximum Gasteiger partial charge on any atom is 0.267 e. The number of hydrogen-bond donors (Lipinski definition) is 0. The first-order valence-electron chi connectivity index (χ1n) is 8.67. The minimum Gasteiger partial charge on any atom is -0.484 e. The molecular weight excluding hydrogens is 396 g/mol. The van der Waals surface area contributed by atoms with E-state index < -0.39 is 0 Å². The first-order valence-corrected chi connectivity index (χ1v) is 9.86. The van der Waals surface area contributed by atoms with Crippen molar-refractivity contribution in [1.82, 2.24) is 4.98 Å². The standard InChI is InChI=1S/C21H17ClN2O3S/c1-14-4-9-18-19(11-14)28-21(23-18)24(12-17-3-2-10-26-17)20(25)13-27-16-7-5-15(22)6-8-16/h2-11H,12-13H2,1H3. The van der Waals surface area contributed by atoms with E-state index in [1.54, 1.807) is 41.5 Å². The van der Waals surface area contributed by atoms with E-state index in [-0.39, 0.29) is 19.1 Å². The zero-order chi connectivity index (χ0) is 19.5. The summed E-state index contributed by atoms with van der Waals surface area (Å²) in [6.07, 6.45) is 1.59. The summed E-state index contributed by atoms with van der Waals surface area (Å²) in [7, 11) is 0. The van der Waals surface area contributed by atoms with Gasteiger partial charge in [-0.1, -0.05) is 29.0 Å². The highest BCUT2D eigenvalue weighted by atomic mass is 35.5. The van der Waals surface area contributed by atoms with Gasteiger partial charge < -0.3 is 9.15 Å². The Bertz CT molecular complexity index is 1090. The summed E-state index contributed by atoms with van der Waals surface area (Å²) in [5.74, 6) is 1.05. The zero-order valence-corrected chi connectivity index (χ0v) is 16.7. The summed E-state index contributed by atoms with van der Waals surface area (Å²) >= 11 is 7.36. The molecule has 2 aromatic carbocycles. The molecule has 0 fully saturated rings. The molecule has 0 aliphatic rings. The molecule has 5 nitrogen and oxygen atoms in total. The molecule has 142 valence electrons. The van der Waals surface area contributed by atoms with Gasteiger partial charge in [0.05, 0.1) is 23.0 Å². The number of aromatic nitrogens is 1. The van der Waals surface area contributed by atoms with E-state index in [1.165, 1.54) is 11.3 Å². The molecular formula is C21H17ClN2O3S. The van der Waals surface area contributed by atoms with Crippen LogP contribution in [0.15, 0.2) is 65.3 Å². The first-order chi connectivity index (χ1) is 13.6. The highest BCUT2D eigenvalue weighted by Gasteiger charge is 2.22. The van der Waals surface area contributed by atoms with Gasteiger partial charge in [0.2, 0.25) is 0 Å². The average molecular weight is 413 g/mol. The second-order valence-electron chi connectivity index (χ2n) is 6.27. The Hall–Kier alpha value is -2.83. The van der Waals surface area contributed by atoms with Crippen LogP contribution in [-0.2, 0) is 11.3 Å². The number of aryl methyl sites for hydroxylation is 1. The van der Waals surface area contributed by atoms with Gasteiger partial charge in [-0.25, -0.2) is 4.98 Å². The number of thiazole rings is 1. The fraction of sp³-hybridized carbons (Fsp3) is 0.143. The third-order valence-corrected chi connectivity index (χ3v) is 5.43. The van der Waals surface area contributed by atoms with Crippen LogP contribution in [0.1, 0.15) is 11.3 Å². The van der Waals surface area contributed by atoms with Crippen LogP contribution in [0, 0.1) is 6.92 Å². The number of halogens is 1. The van der Waals surface area contributed by atoms with Crippen molar-refractivity contribution in [2.75, 3.05) is 11.5 Å². The zero-order valence-electron chi connectivity index (χ0n) is 15.1. The topological polar surface area (TPSA) is 55.6 Å². The number of ether oxygens (including phenoxy) is 1. The van der Waals surface area contributed by atoms with E-state index in [0.29, 0.717) is 21.7 Å². The van der Waals surface area contributed by atoms with Crippen molar-refractivity contribution in [2.45, 2.75) is 13.5 Å². The summed E-state index contributed by atoms with van der Waals surface area (Å²) in [5.41, 5.74) is 2.01. The SMILES string of the molecule is Cc1ccc2nc(N(Cc3ccco3)C(=O)COc3ccc(Cl)cc3)sc2c1. The van der Waals surface area contributed by atoms with Crippen LogP contribution in [0.3, 0.4) is 0 Å². The number of hydrogen-bond acceptors (Lipinski definition) is 5. The molecule has 2 heterocycles. The predicted molar refractivity (Wildman–Crippen MR) is 111 cm³/mol. The summed E-state index contributed by atoms with van der Waals surface area (Å²) < 4.78 is 12.1. The predicted octanol–water partition coefficient (Wildman–Crippen LogP) is 5.46. The van der Waals surface area contributed by atoms with Gasteiger partial charge in [-0.05, 0) is 61.0 Å². The molecule has 0 saturated heterocycles. The van der Waals surface area contributed by atoms with Crippen LogP contribution in [0.4, 0.5) is 5.13 Å². The second-order valence-corrected chi connectivity index (χ2v) is 7.71. The number of carbonyl (C=O) groups is 1. The van der Waals surface area contributed by atoms with Crippen LogP contribution >= 0.6 is 22.9 Å². The van der Waals surface area contributed by atoms with Gasteiger partial charge in [0.25, 0.3) is 5.91 Å². The maximum absolute atomic E-state index is 13.0. The van der Waals surface area contributed by atoms with Crippen molar-refractivity contribution in [3.63, 3.8) is 0 Å². The van der Waals surface area contributed by atoms with Crippen LogP contribution in [0.2, 0.25) is 5.02 Å². The van der Waals surface area contributed by atoms with Gasteiger partial charge in [-0.15, -0.1) is 0 Å². The molecule has 0 unspecified atom stereocenters. The Balaban J connectivity index is 1.58. The van der Waals surface area contributed by atoms with E-state index in [9.17, 15) is 4.79 Å². The molecule has 0 radical (unpaired) electrons. The number of amides is 1. The quantitative estimate of drug-likeness (QED) is 0.421. The van der Waals surface area contributed by atoms with Crippen molar-refractivity contribution in [1.29, 1.82) is 0 Å². The number of nitrogens with zero attached hydrogens (tertiary/aromatic N) is 2. The van der Waals surface area contributed by atoms with Crippen molar-refractivity contribution in [3.05, 3.63) is 77.2 Å². The lowest BCUT2D eigenvalue weighted by Gasteiger charge is -2.19. The summed E-state index contributed by atoms with van der Waals surface area (Å²) in [4.78, 5) is 19.2. The molecule has 0 bridgehead atoms. The second kappa shape index (κ2) is 8.04. The number of fused-ring (bicyclic) bond motifs is 1. The number of anilines is 1. The van der Waals surface area contributed by atoms with Crippen molar-refractivity contribution in [3.8, 4) is 5.75 Å². The lowest BCUT2D eigenvalue weighted by atomic mass is 10.2. The summed E-state index contributed by atoms with van der Waals surface area (Å²) in [6.45, 7) is 2.20. The normalized spacial score (nSPS) is 10.9. The van der Waals surface area contributed by atoms with E-state index >= 15 is 0 Å². The van der Waals surface area contributed by atoms with Crippen molar-refractivity contribution in [2.24, 2.45) is 0 Å². The molecule has 0 atom stereocenters. The molecule has 4 aromatic rings. The molecule has 0 saturated carbocycles. The fourth-order valence-electron chi connectivity index (χ4n) is 2.71. The highest BCUT2D eigenvalue weighted by molar-refractivity contribution is 7.22. The van der Waals surface area contributed by atoms with E-state index in [2.05, 4.69) is 11.1 Å². The van der Waals surface area contributed by atoms with E-state index in [4.69, 9.17) is 20.8 Å². The molecule has 0 N–H and O–H groups in total. The van der Waals surface area contributed by atoms with Crippen molar-refractivity contribution < 1.29 is 13.9 Å². The van der Waals surface area contributed by atoms with Crippen LogP contribution < -0.4 is 9.64 Å². The van der Waals surface area contributed by atoms with Crippen LogP contribution in [0.5, 0.6) is 5.75 Å². The Morgan fingerprint density at radius 1 is 1.21 bits per heavy atom. The van der Waals surface area contributed by atoms with Gasteiger partial charge in [0, 0.05) is 5.02 Å². The maximum atomic E-state index is 13.0. The van der Waals surface area contributed by atoms with Gasteiger partial charge in [-0.3, -0.25) is 9.69 Å². The minimum atomic E-state index is -0.206. The smallest absolute Gasteiger partial charge is 0.267 e. The first kappa shape index (κ1) is 18.5.